The molecule has 0 aromatic heterocycles. The third-order valence-electron chi connectivity index (χ3n) is 2.65. The predicted molar refractivity (Wildman–Crippen MR) is 55.0 cm³/mol. The number of benzene rings is 1. The molecule has 76 valence electrons. The maximum atomic E-state index is 9.93. The Bertz CT molecular complexity index is 284. The fourth-order valence-electron chi connectivity index (χ4n) is 1.79. The van der Waals surface area contributed by atoms with Crippen LogP contribution in [0.4, 0.5) is 0 Å². The van der Waals surface area contributed by atoms with Crippen LogP contribution in [-0.2, 0) is 4.74 Å². The lowest BCUT2D eigenvalue weighted by Crippen LogP contribution is -2.07. The Morgan fingerprint density at radius 1 is 1.36 bits per heavy atom. The summed E-state index contributed by atoms with van der Waals surface area (Å²) >= 11 is 0. The van der Waals surface area contributed by atoms with Gasteiger partial charge in [-0.25, -0.2) is 0 Å². The first-order chi connectivity index (χ1) is 6.83. The standard InChI is InChI=1S/C12H16O2/c1-2-6-10-12(14-10)11(13)9-7-4-3-5-8-9/h3-5,7-8,10-13H,2,6H2,1H3/t10-,11?,12+/m1/s1. The molecule has 1 N–H and O–H groups in total. The van der Waals surface area contributed by atoms with Crippen molar-refractivity contribution in [2.75, 3.05) is 0 Å². The van der Waals surface area contributed by atoms with Crippen LogP contribution in [0.5, 0.6) is 0 Å². The Hall–Kier alpha value is -0.860. The van der Waals surface area contributed by atoms with Gasteiger partial charge in [0, 0.05) is 0 Å². The van der Waals surface area contributed by atoms with Gasteiger partial charge in [0.25, 0.3) is 0 Å². The van der Waals surface area contributed by atoms with Crippen molar-refractivity contribution >= 4 is 0 Å². The molecule has 0 bridgehead atoms. The number of hydrogen-bond acceptors (Lipinski definition) is 2. The van der Waals surface area contributed by atoms with Crippen molar-refractivity contribution in [1.82, 2.24) is 0 Å². The summed E-state index contributed by atoms with van der Waals surface area (Å²) in [6, 6.07) is 9.71. The lowest BCUT2D eigenvalue weighted by Gasteiger charge is -2.06. The van der Waals surface area contributed by atoms with Crippen molar-refractivity contribution in [2.24, 2.45) is 0 Å². The number of aliphatic hydroxyl groups is 1. The van der Waals surface area contributed by atoms with Crippen LogP contribution in [0.25, 0.3) is 0 Å². The molecule has 3 atom stereocenters. The summed E-state index contributed by atoms with van der Waals surface area (Å²) in [6.07, 6.45) is 2.01. The van der Waals surface area contributed by atoms with Crippen LogP contribution in [0.1, 0.15) is 31.4 Å². The summed E-state index contributed by atoms with van der Waals surface area (Å²) in [4.78, 5) is 0. The Morgan fingerprint density at radius 3 is 2.71 bits per heavy atom. The number of rotatable bonds is 4. The Kier molecular flexibility index (Phi) is 2.85. The SMILES string of the molecule is CCC[C@H]1O[C@@H]1C(O)c1ccccc1. The van der Waals surface area contributed by atoms with Crippen LogP contribution in [-0.4, -0.2) is 17.3 Å². The molecule has 0 radical (unpaired) electrons. The van der Waals surface area contributed by atoms with E-state index in [1.807, 2.05) is 30.3 Å². The Labute approximate surface area is 84.5 Å². The number of hydrogen-bond donors (Lipinski definition) is 1. The van der Waals surface area contributed by atoms with Gasteiger partial charge in [-0.15, -0.1) is 0 Å². The van der Waals surface area contributed by atoms with Crippen molar-refractivity contribution < 1.29 is 9.84 Å². The largest absolute Gasteiger partial charge is 0.386 e. The van der Waals surface area contributed by atoms with Gasteiger partial charge in [-0.3, -0.25) is 0 Å². The molecule has 2 rings (SSSR count). The molecule has 1 fully saturated rings. The molecule has 1 aliphatic rings. The maximum absolute atomic E-state index is 9.93. The smallest absolute Gasteiger partial charge is 0.114 e. The molecule has 1 saturated heterocycles. The quantitative estimate of drug-likeness (QED) is 0.742. The normalized spacial score (nSPS) is 27.3. The minimum absolute atomic E-state index is 0.0253. The third-order valence-corrected chi connectivity index (χ3v) is 2.65. The molecular formula is C12H16O2. The zero-order chi connectivity index (χ0) is 9.97. The summed E-state index contributed by atoms with van der Waals surface area (Å²) < 4.78 is 5.42. The van der Waals surface area contributed by atoms with Crippen molar-refractivity contribution in [3.05, 3.63) is 35.9 Å². The molecule has 14 heavy (non-hydrogen) atoms. The number of epoxide rings is 1. The first-order valence-electron chi connectivity index (χ1n) is 5.21. The molecule has 0 aliphatic carbocycles. The first-order valence-corrected chi connectivity index (χ1v) is 5.21. The third kappa shape index (κ3) is 1.97. The zero-order valence-corrected chi connectivity index (χ0v) is 8.39. The molecule has 0 spiro atoms. The number of aliphatic hydroxyl groups excluding tert-OH is 1. The van der Waals surface area contributed by atoms with Gasteiger partial charge in [0.05, 0.1) is 6.10 Å². The Balaban J connectivity index is 1.94. The second-order valence-electron chi connectivity index (χ2n) is 3.78. The predicted octanol–water partition coefficient (Wildman–Crippen LogP) is 2.29. The van der Waals surface area contributed by atoms with Crippen LogP contribution in [0, 0.1) is 0 Å². The van der Waals surface area contributed by atoms with E-state index in [4.69, 9.17) is 4.74 Å². The van der Waals surface area contributed by atoms with Crippen LogP contribution >= 0.6 is 0 Å². The summed E-state index contributed by atoms with van der Waals surface area (Å²) in [6.45, 7) is 2.13. The topological polar surface area (TPSA) is 32.8 Å². The molecule has 2 heteroatoms. The minimum atomic E-state index is -0.451. The monoisotopic (exact) mass is 192 g/mol. The molecule has 0 amide bonds. The second kappa shape index (κ2) is 4.11. The Morgan fingerprint density at radius 2 is 2.07 bits per heavy atom. The van der Waals surface area contributed by atoms with Gasteiger partial charge in [-0.05, 0) is 12.0 Å². The average molecular weight is 192 g/mol. The van der Waals surface area contributed by atoms with Gasteiger partial charge in [0.2, 0.25) is 0 Å². The van der Waals surface area contributed by atoms with Crippen molar-refractivity contribution in [3.8, 4) is 0 Å². The van der Waals surface area contributed by atoms with E-state index in [2.05, 4.69) is 6.92 Å². The summed E-state index contributed by atoms with van der Waals surface area (Å²) in [7, 11) is 0. The number of ether oxygens (including phenoxy) is 1. The van der Waals surface area contributed by atoms with Gasteiger partial charge < -0.3 is 9.84 Å². The molecule has 2 nitrogen and oxygen atoms in total. The highest BCUT2D eigenvalue weighted by Gasteiger charge is 2.43. The molecule has 1 heterocycles. The molecule has 0 saturated carbocycles. The molecular weight excluding hydrogens is 176 g/mol. The molecule has 1 unspecified atom stereocenters. The highest BCUT2D eigenvalue weighted by atomic mass is 16.6. The highest BCUT2D eigenvalue weighted by molar-refractivity contribution is 5.20. The van der Waals surface area contributed by atoms with E-state index in [9.17, 15) is 5.11 Å². The van der Waals surface area contributed by atoms with E-state index in [1.54, 1.807) is 0 Å². The van der Waals surface area contributed by atoms with Crippen molar-refractivity contribution in [2.45, 2.75) is 38.1 Å². The average Bonchev–Trinajstić information content (AvgIpc) is 2.98. The van der Waals surface area contributed by atoms with Gasteiger partial charge in [0.1, 0.15) is 12.2 Å². The first kappa shape index (κ1) is 9.69. The van der Waals surface area contributed by atoms with E-state index < -0.39 is 6.10 Å². The van der Waals surface area contributed by atoms with Crippen molar-refractivity contribution in [1.29, 1.82) is 0 Å². The van der Waals surface area contributed by atoms with Crippen LogP contribution in [0.2, 0.25) is 0 Å². The fourth-order valence-corrected chi connectivity index (χ4v) is 1.79. The van der Waals surface area contributed by atoms with E-state index >= 15 is 0 Å². The zero-order valence-electron chi connectivity index (χ0n) is 8.39. The van der Waals surface area contributed by atoms with Gasteiger partial charge in [-0.1, -0.05) is 43.7 Å². The van der Waals surface area contributed by atoms with E-state index in [0.29, 0.717) is 0 Å². The van der Waals surface area contributed by atoms with Crippen LogP contribution in [0.15, 0.2) is 30.3 Å². The molecule has 1 aromatic rings. The molecule has 1 aliphatic heterocycles. The lowest BCUT2D eigenvalue weighted by atomic mass is 10.0. The van der Waals surface area contributed by atoms with Gasteiger partial charge in [0.15, 0.2) is 0 Å². The van der Waals surface area contributed by atoms with Crippen molar-refractivity contribution in [3.63, 3.8) is 0 Å². The van der Waals surface area contributed by atoms with Gasteiger partial charge in [-0.2, -0.15) is 0 Å². The van der Waals surface area contributed by atoms with Crippen LogP contribution in [0.3, 0.4) is 0 Å². The van der Waals surface area contributed by atoms with Crippen LogP contribution < -0.4 is 0 Å². The summed E-state index contributed by atoms with van der Waals surface area (Å²) in [5.74, 6) is 0. The summed E-state index contributed by atoms with van der Waals surface area (Å²) in [5, 5.41) is 9.93. The second-order valence-corrected chi connectivity index (χ2v) is 3.78. The minimum Gasteiger partial charge on any atom is -0.386 e. The van der Waals surface area contributed by atoms with E-state index in [1.165, 1.54) is 0 Å². The highest BCUT2D eigenvalue weighted by Crippen LogP contribution is 2.36. The lowest BCUT2D eigenvalue weighted by molar-refractivity contribution is 0.137. The van der Waals surface area contributed by atoms with E-state index in [-0.39, 0.29) is 12.2 Å². The van der Waals surface area contributed by atoms with Gasteiger partial charge >= 0.3 is 0 Å². The summed E-state index contributed by atoms with van der Waals surface area (Å²) in [5.41, 5.74) is 0.955. The maximum Gasteiger partial charge on any atom is 0.114 e. The van der Waals surface area contributed by atoms with E-state index in [0.717, 1.165) is 18.4 Å². The fraction of sp³-hybridized carbons (Fsp3) is 0.500. The molecule has 1 aromatic carbocycles.